The van der Waals surface area contributed by atoms with Crippen LogP contribution in [0.15, 0.2) is 30.3 Å². The minimum atomic E-state index is -4.60. The summed E-state index contributed by atoms with van der Waals surface area (Å²) in [5.41, 5.74) is 0.905. The first-order valence-electron chi connectivity index (χ1n) is 12.7. The lowest BCUT2D eigenvalue weighted by atomic mass is 9.88. The maximum atomic E-state index is 15.6. The highest BCUT2D eigenvalue weighted by Gasteiger charge is 2.44. The molecule has 0 unspecified atom stereocenters. The van der Waals surface area contributed by atoms with Crippen molar-refractivity contribution < 1.29 is 30.7 Å². The number of nitrogens with zero attached hydrogens (tertiary/aromatic N) is 2. The van der Waals surface area contributed by atoms with Crippen LogP contribution in [0.3, 0.4) is 0 Å². The fourth-order valence-electron chi connectivity index (χ4n) is 5.90. The van der Waals surface area contributed by atoms with E-state index in [0.717, 1.165) is 23.6 Å². The van der Waals surface area contributed by atoms with E-state index in [4.69, 9.17) is 0 Å². The highest BCUT2D eigenvalue weighted by atomic mass is 19.4. The Morgan fingerprint density at radius 1 is 1.08 bits per heavy atom. The lowest BCUT2D eigenvalue weighted by molar-refractivity contribution is -0.155. The lowest BCUT2D eigenvalue weighted by Gasteiger charge is -2.41. The van der Waals surface area contributed by atoms with Gasteiger partial charge < -0.3 is 15.2 Å². The zero-order chi connectivity index (χ0) is 27.2. The number of aromatic amines is 1. The van der Waals surface area contributed by atoms with E-state index in [1.807, 2.05) is 0 Å². The van der Waals surface area contributed by atoms with E-state index in [1.54, 1.807) is 6.92 Å². The molecule has 2 N–H and O–H groups in total. The van der Waals surface area contributed by atoms with E-state index in [0.29, 0.717) is 42.4 Å². The molecule has 1 aromatic heterocycles. The van der Waals surface area contributed by atoms with E-state index in [-0.39, 0.29) is 23.8 Å². The molecule has 3 heterocycles. The molecule has 38 heavy (non-hydrogen) atoms. The number of alkyl halides is 4. The van der Waals surface area contributed by atoms with Crippen LogP contribution < -0.4 is 5.32 Å². The topological polar surface area (TPSA) is 34.3 Å². The predicted octanol–water partition coefficient (Wildman–Crippen LogP) is 6.33. The average Bonchev–Trinajstić information content (AvgIpc) is 3.41. The van der Waals surface area contributed by atoms with Crippen LogP contribution in [0.2, 0.25) is 0 Å². The smallest absolute Gasteiger partial charge is 0.381 e. The van der Waals surface area contributed by atoms with Crippen LogP contribution in [0.5, 0.6) is 0 Å². The molecule has 0 aliphatic carbocycles. The number of hydrogen-bond donors (Lipinski definition) is 2. The van der Waals surface area contributed by atoms with E-state index >= 15 is 8.78 Å². The highest BCUT2D eigenvalue weighted by Crippen LogP contribution is 2.44. The summed E-state index contributed by atoms with van der Waals surface area (Å²) in [7, 11) is 0. The third kappa shape index (κ3) is 5.36. The van der Waals surface area contributed by atoms with Gasteiger partial charge in [0, 0.05) is 59.6 Å². The van der Waals surface area contributed by atoms with E-state index < -0.39 is 54.5 Å². The van der Waals surface area contributed by atoms with Crippen LogP contribution in [0.1, 0.15) is 42.6 Å². The first-order valence-corrected chi connectivity index (χ1v) is 12.7. The fraction of sp³-hybridized carbons (Fsp3) is 0.481. The maximum absolute atomic E-state index is 15.6. The molecular formula is C27H29F7N4. The Morgan fingerprint density at radius 3 is 2.50 bits per heavy atom. The standard InChI is InChI=1S/C27H29F7N4/c1-15-9-20-19-4-3-16(29)10-23(19)36-25(20)26(38(15)14-27(32,33)34)24-21(30)11-18(12-22(24)31)35-17-5-8-37(13-17)7-2-6-28/h3-4,10-12,15,17,26,35-36H,2,5-9,13-14H2,1H3/t15-,17+,26-/m1/s1. The molecule has 1 saturated heterocycles. The van der Waals surface area contributed by atoms with Crippen molar-refractivity contribution in [1.29, 1.82) is 0 Å². The predicted molar refractivity (Wildman–Crippen MR) is 131 cm³/mol. The number of hydrogen-bond acceptors (Lipinski definition) is 3. The zero-order valence-corrected chi connectivity index (χ0v) is 20.8. The maximum Gasteiger partial charge on any atom is 0.401 e. The third-order valence-corrected chi connectivity index (χ3v) is 7.54. The monoisotopic (exact) mass is 542 g/mol. The Balaban J connectivity index is 1.52. The van der Waals surface area contributed by atoms with Gasteiger partial charge in [0.1, 0.15) is 17.5 Å². The van der Waals surface area contributed by atoms with Gasteiger partial charge in [0.25, 0.3) is 0 Å². The van der Waals surface area contributed by atoms with Gasteiger partial charge in [-0.25, -0.2) is 13.2 Å². The minimum absolute atomic E-state index is 0.0918. The van der Waals surface area contributed by atoms with Crippen molar-refractivity contribution in [3.05, 3.63) is 64.6 Å². The summed E-state index contributed by atoms with van der Waals surface area (Å²) in [5.74, 6) is -2.47. The van der Waals surface area contributed by atoms with Gasteiger partial charge in [-0.15, -0.1) is 0 Å². The second kappa shape index (κ2) is 10.4. The number of aromatic nitrogens is 1. The zero-order valence-electron chi connectivity index (χ0n) is 20.8. The lowest BCUT2D eigenvalue weighted by Crippen LogP contribution is -2.47. The SMILES string of the molecule is C[C@@H]1Cc2c([nH]c3cc(F)ccc23)[C@@H](c2c(F)cc(N[C@H]3CCN(CCCF)C3)cc2F)N1CC(F)(F)F. The molecular weight excluding hydrogens is 513 g/mol. The summed E-state index contributed by atoms with van der Waals surface area (Å²) < 4.78 is 98.5. The van der Waals surface area contributed by atoms with E-state index in [1.165, 1.54) is 18.2 Å². The van der Waals surface area contributed by atoms with Gasteiger partial charge in [0.05, 0.1) is 19.3 Å². The van der Waals surface area contributed by atoms with Crippen molar-refractivity contribution in [3.63, 3.8) is 0 Å². The number of rotatable bonds is 7. The van der Waals surface area contributed by atoms with Crippen LogP contribution >= 0.6 is 0 Å². The molecule has 0 bridgehead atoms. The summed E-state index contributed by atoms with van der Waals surface area (Å²) in [6.07, 6.45) is -3.27. The Kier molecular flexibility index (Phi) is 7.34. The van der Waals surface area contributed by atoms with Gasteiger partial charge in [0.2, 0.25) is 0 Å². The second-order valence-electron chi connectivity index (χ2n) is 10.3. The van der Waals surface area contributed by atoms with Gasteiger partial charge in [-0.1, -0.05) is 0 Å². The largest absolute Gasteiger partial charge is 0.401 e. The quantitative estimate of drug-likeness (QED) is 0.343. The van der Waals surface area contributed by atoms with Gasteiger partial charge >= 0.3 is 6.18 Å². The van der Waals surface area contributed by atoms with Gasteiger partial charge in [-0.2, -0.15) is 13.2 Å². The molecule has 4 nitrogen and oxygen atoms in total. The van der Waals surface area contributed by atoms with E-state index in [2.05, 4.69) is 15.2 Å². The molecule has 11 heteroatoms. The first-order chi connectivity index (χ1) is 18.0. The Morgan fingerprint density at radius 2 is 1.82 bits per heavy atom. The molecule has 2 aliphatic rings. The van der Waals surface area contributed by atoms with Crippen LogP contribution in [0.25, 0.3) is 10.9 Å². The van der Waals surface area contributed by atoms with Crippen molar-refractivity contribution >= 4 is 16.6 Å². The van der Waals surface area contributed by atoms with Crippen LogP contribution in [0.4, 0.5) is 36.4 Å². The first kappa shape index (κ1) is 26.8. The summed E-state index contributed by atoms with van der Waals surface area (Å²) in [4.78, 5) is 6.07. The number of H-pyrrole nitrogens is 1. The number of nitrogens with one attached hydrogen (secondary N) is 2. The summed E-state index contributed by atoms with van der Waals surface area (Å²) in [6.45, 7) is 1.74. The molecule has 3 aromatic rings. The number of likely N-dealkylation sites (tertiary alicyclic amines) is 1. The fourth-order valence-corrected chi connectivity index (χ4v) is 5.90. The molecule has 5 rings (SSSR count). The normalized spacial score (nSPS) is 22.8. The molecule has 2 aromatic carbocycles. The minimum Gasteiger partial charge on any atom is -0.381 e. The number of anilines is 1. The second-order valence-corrected chi connectivity index (χ2v) is 10.3. The van der Waals surface area contributed by atoms with Crippen LogP contribution in [-0.2, 0) is 6.42 Å². The summed E-state index contributed by atoms with van der Waals surface area (Å²) >= 11 is 0. The van der Waals surface area contributed by atoms with Crippen molar-refractivity contribution in [2.45, 2.75) is 50.5 Å². The molecule has 0 spiro atoms. The van der Waals surface area contributed by atoms with Crippen molar-refractivity contribution in [2.24, 2.45) is 0 Å². The Hall–Kier alpha value is -2.79. The summed E-state index contributed by atoms with van der Waals surface area (Å²) in [6, 6.07) is 4.05. The Labute approximate surface area is 215 Å². The molecule has 2 aliphatic heterocycles. The van der Waals surface area contributed by atoms with Crippen molar-refractivity contribution in [1.82, 2.24) is 14.8 Å². The Bertz CT molecular complexity index is 1280. The molecule has 206 valence electrons. The molecule has 0 amide bonds. The number of halogens is 7. The van der Waals surface area contributed by atoms with Gasteiger partial charge in [-0.05, 0) is 62.1 Å². The van der Waals surface area contributed by atoms with Crippen molar-refractivity contribution in [2.75, 3.05) is 38.2 Å². The van der Waals surface area contributed by atoms with Crippen LogP contribution in [0, 0.1) is 17.5 Å². The molecule has 0 saturated carbocycles. The number of fused-ring (bicyclic) bond motifs is 3. The molecule has 0 radical (unpaired) electrons. The van der Waals surface area contributed by atoms with Gasteiger partial charge in [0.15, 0.2) is 0 Å². The highest BCUT2D eigenvalue weighted by molar-refractivity contribution is 5.85. The molecule has 3 atom stereocenters. The number of benzene rings is 2. The van der Waals surface area contributed by atoms with Gasteiger partial charge in [-0.3, -0.25) is 9.29 Å². The summed E-state index contributed by atoms with van der Waals surface area (Å²) in [5, 5.41) is 3.72. The van der Waals surface area contributed by atoms with Crippen molar-refractivity contribution in [3.8, 4) is 0 Å². The van der Waals surface area contributed by atoms with Crippen LogP contribution in [-0.4, -0.2) is 65.9 Å². The van der Waals surface area contributed by atoms with E-state index in [9.17, 15) is 22.0 Å². The molecule has 1 fully saturated rings. The third-order valence-electron chi connectivity index (χ3n) is 7.54. The average molecular weight is 543 g/mol.